The molecule has 1 N–H and O–H groups in total. The molecule has 1 unspecified atom stereocenters. The van der Waals surface area contributed by atoms with Gasteiger partial charge in [-0.05, 0) is 31.6 Å². The van der Waals surface area contributed by atoms with Gasteiger partial charge in [-0.15, -0.1) is 10.2 Å². The average Bonchev–Trinajstić information content (AvgIpc) is 2.95. The Morgan fingerprint density at radius 2 is 2.10 bits per heavy atom. The second kappa shape index (κ2) is 5.66. The van der Waals surface area contributed by atoms with Gasteiger partial charge < -0.3 is 14.8 Å². The number of nitrogens with zero attached hydrogens (tertiary/aromatic N) is 4. The van der Waals surface area contributed by atoms with E-state index < -0.39 is 0 Å². The minimum atomic E-state index is -0.0700. The zero-order chi connectivity index (χ0) is 15.0. The fraction of sp³-hybridized carbons (Fsp3) is 0.800. The van der Waals surface area contributed by atoms with Crippen molar-refractivity contribution in [2.75, 3.05) is 7.05 Å². The Hall–Kier alpha value is -1.59. The predicted molar refractivity (Wildman–Crippen MR) is 79.9 cm³/mol. The number of fused-ring (bicyclic) bond motifs is 1. The summed E-state index contributed by atoms with van der Waals surface area (Å²) in [6.07, 6.45) is 5.59. The first-order valence-corrected chi connectivity index (χ1v) is 8.03. The molecule has 6 nitrogen and oxygen atoms in total. The molecule has 1 atom stereocenters. The Morgan fingerprint density at radius 1 is 1.33 bits per heavy atom. The van der Waals surface area contributed by atoms with Gasteiger partial charge in [-0.1, -0.05) is 13.8 Å². The van der Waals surface area contributed by atoms with E-state index in [4.69, 9.17) is 0 Å². The van der Waals surface area contributed by atoms with Gasteiger partial charge in [0.2, 0.25) is 0 Å². The summed E-state index contributed by atoms with van der Waals surface area (Å²) in [5, 5.41) is 11.8. The lowest BCUT2D eigenvalue weighted by Crippen LogP contribution is -2.48. The lowest BCUT2D eigenvalue weighted by molar-refractivity contribution is 0.151. The summed E-state index contributed by atoms with van der Waals surface area (Å²) in [6, 6.07) is 0.343. The van der Waals surface area contributed by atoms with Gasteiger partial charge in [0.05, 0.1) is 6.04 Å². The molecule has 0 saturated heterocycles. The number of nitrogens with one attached hydrogen (secondary N) is 1. The van der Waals surface area contributed by atoms with E-state index in [1.165, 1.54) is 6.42 Å². The molecule has 1 aromatic heterocycles. The molecule has 1 aromatic rings. The van der Waals surface area contributed by atoms with E-state index in [1.54, 1.807) is 0 Å². The van der Waals surface area contributed by atoms with Crippen LogP contribution in [0.5, 0.6) is 0 Å². The van der Waals surface area contributed by atoms with Gasteiger partial charge in [0, 0.05) is 26.1 Å². The molecule has 1 saturated carbocycles. The van der Waals surface area contributed by atoms with Crippen LogP contribution in [-0.4, -0.2) is 38.8 Å². The van der Waals surface area contributed by atoms with Crippen molar-refractivity contribution in [3.63, 3.8) is 0 Å². The van der Waals surface area contributed by atoms with Gasteiger partial charge in [-0.3, -0.25) is 0 Å². The average molecular weight is 291 g/mol. The molecule has 21 heavy (non-hydrogen) atoms. The first-order chi connectivity index (χ1) is 10.1. The third-order valence-corrected chi connectivity index (χ3v) is 4.80. The zero-order valence-corrected chi connectivity index (χ0v) is 13.2. The zero-order valence-electron chi connectivity index (χ0n) is 13.2. The van der Waals surface area contributed by atoms with Gasteiger partial charge >= 0.3 is 6.03 Å². The van der Waals surface area contributed by atoms with E-state index in [0.717, 1.165) is 43.9 Å². The summed E-state index contributed by atoms with van der Waals surface area (Å²) in [5.74, 6) is 2.25. The Morgan fingerprint density at radius 3 is 2.71 bits per heavy atom. The number of carbonyl (C=O) groups excluding carboxylic acids is 1. The highest BCUT2D eigenvalue weighted by Gasteiger charge is 2.31. The summed E-state index contributed by atoms with van der Waals surface area (Å²) in [7, 11) is 1.89. The fourth-order valence-corrected chi connectivity index (χ4v) is 3.11. The van der Waals surface area contributed by atoms with Crippen molar-refractivity contribution in [1.29, 1.82) is 0 Å². The summed E-state index contributed by atoms with van der Waals surface area (Å²) in [4.78, 5) is 14.3. The first-order valence-electron chi connectivity index (χ1n) is 8.03. The van der Waals surface area contributed by atoms with Crippen molar-refractivity contribution in [2.24, 2.45) is 5.92 Å². The van der Waals surface area contributed by atoms with Crippen LogP contribution in [0.4, 0.5) is 4.79 Å². The summed E-state index contributed by atoms with van der Waals surface area (Å²) < 4.78 is 2.17. The minimum absolute atomic E-state index is 0.00810. The molecule has 0 radical (unpaired) electrons. The van der Waals surface area contributed by atoms with Crippen molar-refractivity contribution >= 4 is 6.03 Å². The van der Waals surface area contributed by atoms with Crippen molar-refractivity contribution in [1.82, 2.24) is 25.0 Å². The third kappa shape index (κ3) is 2.63. The number of hydrogen-bond donors (Lipinski definition) is 1. The molecule has 1 aliphatic carbocycles. The summed E-state index contributed by atoms with van der Waals surface area (Å²) in [6.45, 7) is 5.20. The highest BCUT2D eigenvalue weighted by atomic mass is 16.2. The Kier molecular flexibility index (Phi) is 3.87. The van der Waals surface area contributed by atoms with Gasteiger partial charge in [0.15, 0.2) is 5.82 Å². The van der Waals surface area contributed by atoms with Gasteiger partial charge in [-0.2, -0.15) is 0 Å². The maximum Gasteiger partial charge on any atom is 0.317 e. The summed E-state index contributed by atoms with van der Waals surface area (Å²) in [5.41, 5.74) is 0. The van der Waals surface area contributed by atoms with Crippen LogP contribution in [0.25, 0.3) is 0 Å². The number of rotatable bonds is 4. The van der Waals surface area contributed by atoms with Gasteiger partial charge in [0.25, 0.3) is 0 Å². The van der Waals surface area contributed by atoms with Gasteiger partial charge in [0.1, 0.15) is 5.82 Å². The maximum atomic E-state index is 12.4. The molecular weight excluding hydrogens is 266 g/mol. The van der Waals surface area contributed by atoms with Gasteiger partial charge in [-0.25, -0.2) is 4.79 Å². The van der Waals surface area contributed by atoms with Crippen LogP contribution in [0.3, 0.4) is 0 Å². The maximum absolute atomic E-state index is 12.4. The lowest BCUT2D eigenvalue weighted by atomic mass is 9.92. The predicted octanol–water partition coefficient (Wildman–Crippen LogP) is 2.12. The largest absolute Gasteiger partial charge is 0.328 e. The Balaban J connectivity index is 1.74. The van der Waals surface area contributed by atoms with E-state index in [9.17, 15) is 4.79 Å². The quantitative estimate of drug-likeness (QED) is 0.924. The number of aromatic nitrogens is 3. The van der Waals surface area contributed by atoms with E-state index in [2.05, 4.69) is 33.9 Å². The number of hydrogen-bond acceptors (Lipinski definition) is 3. The number of carbonyl (C=O) groups is 1. The number of urea groups is 1. The van der Waals surface area contributed by atoms with E-state index in [1.807, 2.05) is 11.9 Å². The van der Waals surface area contributed by atoms with Crippen LogP contribution >= 0.6 is 0 Å². The molecule has 2 heterocycles. The molecule has 1 aliphatic heterocycles. The fourth-order valence-electron chi connectivity index (χ4n) is 3.11. The monoisotopic (exact) mass is 291 g/mol. The highest BCUT2D eigenvalue weighted by molar-refractivity contribution is 5.74. The molecule has 0 aromatic carbocycles. The molecule has 3 rings (SSSR count). The molecule has 6 heteroatoms. The second-order valence-corrected chi connectivity index (χ2v) is 6.60. The Bertz CT molecular complexity index is 520. The third-order valence-electron chi connectivity index (χ3n) is 4.80. The van der Waals surface area contributed by atoms with Crippen molar-refractivity contribution in [3.05, 3.63) is 11.6 Å². The Labute approximate surface area is 125 Å². The van der Waals surface area contributed by atoms with Crippen LogP contribution in [0.1, 0.15) is 57.2 Å². The standard InChI is InChI=1S/C15H25N5O/c1-10(2)13(14-18-17-12-8-5-9-20(12)14)16-15(21)19(3)11-6-4-7-11/h10-11,13H,4-9H2,1-3H3,(H,16,21). The number of aryl methyl sites for hydroxylation is 1. The molecule has 2 aliphatic rings. The van der Waals surface area contributed by atoms with Crippen molar-refractivity contribution in [2.45, 2.75) is 64.6 Å². The van der Waals surface area contributed by atoms with Crippen LogP contribution in [0, 0.1) is 5.92 Å². The molecule has 2 amide bonds. The lowest BCUT2D eigenvalue weighted by Gasteiger charge is -2.36. The second-order valence-electron chi connectivity index (χ2n) is 6.60. The van der Waals surface area contributed by atoms with E-state index >= 15 is 0 Å². The molecular formula is C15H25N5O. The highest BCUT2D eigenvalue weighted by Crippen LogP contribution is 2.27. The molecule has 116 valence electrons. The number of amides is 2. The van der Waals surface area contributed by atoms with E-state index in [-0.39, 0.29) is 18.0 Å². The topological polar surface area (TPSA) is 63.1 Å². The van der Waals surface area contributed by atoms with Crippen LogP contribution in [0.2, 0.25) is 0 Å². The molecule has 1 fully saturated rings. The summed E-state index contributed by atoms with van der Waals surface area (Å²) >= 11 is 0. The molecule has 0 spiro atoms. The van der Waals surface area contributed by atoms with Crippen LogP contribution < -0.4 is 5.32 Å². The van der Waals surface area contributed by atoms with Crippen LogP contribution in [-0.2, 0) is 13.0 Å². The van der Waals surface area contributed by atoms with Crippen LogP contribution in [0.15, 0.2) is 0 Å². The van der Waals surface area contributed by atoms with Crippen molar-refractivity contribution < 1.29 is 4.79 Å². The minimum Gasteiger partial charge on any atom is -0.328 e. The smallest absolute Gasteiger partial charge is 0.317 e. The van der Waals surface area contributed by atoms with E-state index in [0.29, 0.717) is 6.04 Å². The first kappa shape index (κ1) is 14.4. The molecule has 0 bridgehead atoms. The van der Waals surface area contributed by atoms with Crippen molar-refractivity contribution in [3.8, 4) is 0 Å². The normalized spacial score (nSPS) is 19.2. The SMILES string of the molecule is CC(C)C(NC(=O)N(C)C1CCC1)c1nnc2n1CCC2.